The number of amides is 1. The van der Waals surface area contributed by atoms with Crippen LogP contribution in [0.25, 0.3) is 0 Å². The fraction of sp³-hybridized carbons (Fsp3) is 0.769. The summed E-state index contributed by atoms with van der Waals surface area (Å²) in [5.41, 5.74) is -0.304. The van der Waals surface area contributed by atoms with Crippen LogP contribution in [-0.4, -0.2) is 45.3 Å². The van der Waals surface area contributed by atoms with E-state index in [2.05, 4.69) is 15.2 Å². The Bertz CT molecular complexity index is 518. The molecule has 5 nitrogen and oxygen atoms in total. The molecule has 1 unspecified atom stereocenters. The summed E-state index contributed by atoms with van der Waals surface area (Å²) in [6.07, 6.45) is -3.87. The Morgan fingerprint density at radius 1 is 1.33 bits per heavy atom. The first-order valence-corrected chi connectivity index (χ1v) is 6.88. The maximum absolute atomic E-state index is 12.8. The average Bonchev–Trinajstić information content (AvgIpc) is 2.86. The Morgan fingerprint density at radius 2 is 2.00 bits per heavy atom. The standard InChI is InChI=1S/C13H19F3N4O/c1-12(2,3)11-17-9(18-19-11)10(21)20-6-4-5-8(7-20)13(14,15)16/h8H,4-7H2,1-3H3,(H,17,18,19). The number of likely N-dealkylation sites (tertiary alicyclic amines) is 1. The van der Waals surface area contributed by atoms with Gasteiger partial charge in [0.1, 0.15) is 5.82 Å². The van der Waals surface area contributed by atoms with Gasteiger partial charge >= 0.3 is 6.18 Å². The van der Waals surface area contributed by atoms with Gasteiger partial charge in [-0.05, 0) is 12.8 Å². The molecular weight excluding hydrogens is 285 g/mol. The molecule has 0 aliphatic carbocycles. The molecule has 0 spiro atoms. The molecule has 1 aromatic heterocycles. The Morgan fingerprint density at radius 3 is 2.52 bits per heavy atom. The first-order chi connectivity index (χ1) is 9.59. The number of H-pyrrole nitrogens is 1. The van der Waals surface area contributed by atoms with Crippen LogP contribution < -0.4 is 0 Å². The summed E-state index contributed by atoms with van der Waals surface area (Å²) in [5.74, 6) is -1.54. The quantitative estimate of drug-likeness (QED) is 0.867. The zero-order valence-corrected chi connectivity index (χ0v) is 12.3. The van der Waals surface area contributed by atoms with Crippen LogP contribution in [-0.2, 0) is 5.41 Å². The summed E-state index contributed by atoms with van der Waals surface area (Å²) in [6, 6.07) is 0. The van der Waals surface area contributed by atoms with E-state index in [-0.39, 0.29) is 24.2 Å². The number of aromatic amines is 1. The minimum atomic E-state index is -4.27. The largest absolute Gasteiger partial charge is 0.393 e. The molecule has 1 aliphatic rings. The Balaban J connectivity index is 2.11. The number of aromatic nitrogens is 3. The van der Waals surface area contributed by atoms with Gasteiger partial charge in [-0.1, -0.05) is 20.8 Å². The van der Waals surface area contributed by atoms with E-state index in [4.69, 9.17) is 0 Å². The summed E-state index contributed by atoms with van der Waals surface area (Å²) >= 11 is 0. The van der Waals surface area contributed by atoms with Crippen LogP contribution in [0, 0.1) is 5.92 Å². The lowest BCUT2D eigenvalue weighted by molar-refractivity contribution is -0.184. The van der Waals surface area contributed by atoms with Crippen molar-refractivity contribution in [2.45, 2.75) is 45.2 Å². The molecule has 21 heavy (non-hydrogen) atoms. The van der Waals surface area contributed by atoms with Crippen molar-refractivity contribution >= 4 is 5.91 Å². The highest BCUT2D eigenvalue weighted by molar-refractivity contribution is 5.90. The van der Waals surface area contributed by atoms with Crippen molar-refractivity contribution in [3.8, 4) is 0 Å². The van der Waals surface area contributed by atoms with Crippen LogP contribution in [0.1, 0.15) is 50.1 Å². The van der Waals surface area contributed by atoms with Crippen molar-refractivity contribution in [3.63, 3.8) is 0 Å². The molecule has 1 fully saturated rings. The minimum absolute atomic E-state index is 0.0640. The van der Waals surface area contributed by atoms with Crippen LogP contribution in [0.3, 0.4) is 0 Å². The van der Waals surface area contributed by atoms with Gasteiger partial charge in [0.2, 0.25) is 5.82 Å². The Kier molecular flexibility index (Phi) is 3.99. The van der Waals surface area contributed by atoms with Gasteiger partial charge in [-0.15, -0.1) is 5.10 Å². The van der Waals surface area contributed by atoms with Crippen LogP contribution in [0.4, 0.5) is 13.2 Å². The molecule has 1 aromatic rings. The van der Waals surface area contributed by atoms with Gasteiger partial charge in [0.25, 0.3) is 5.91 Å². The average molecular weight is 304 g/mol. The lowest BCUT2D eigenvalue weighted by Crippen LogP contribution is -2.44. The van der Waals surface area contributed by atoms with E-state index in [0.717, 1.165) is 0 Å². The number of piperidine rings is 1. The number of hydrogen-bond acceptors (Lipinski definition) is 3. The third-order valence-corrected chi connectivity index (χ3v) is 3.56. The SMILES string of the molecule is CC(C)(C)c1nc(C(=O)N2CCCC(C(F)(F)F)C2)n[nH]1. The lowest BCUT2D eigenvalue weighted by atomic mass is 9.96. The first-order valence-electron chi connectivity index (χ1n) is 6.88. The summed E-state index contributed by atoms with van der Waals surface area (Å²) in [4.78, 5) is 17.5. The number of nitrogens with zero attached hydrogens (tertiary/aromatic N) is 3. The number of carbonyl (C=O) groups is 1. The predicted molar refractivity (Wildman–Crippen MR) is 69.8 cm³/mol. The molecule has 1 aliphatic heterocycles. The van der Waals surface area contributed by atoms with Gasteiger partial charge < -0.3 is 4.90 Å². The van der Waals surface area contributed by atoms with Crippen LogP contribution in [0.15, 0.2) is 0 Å². The second-order valence-electron chi connectivity index (χ2n) is 6.39. The summed E-state index contributed by atoms with van der Waals surface area (Å²) < 4.78 is 38.3. The third kappa shape index (κ3) is 3.54. The van der Waals surface area contributed by atoms with Crippen molar-refractivity contribution in [3.05, 3.63) is 11.6 Å². The van der Waals surface area contributed by atoms with E-state index < -0.39 is 18.0 Å². The van der Waals surface area contributed by atoms with Crippen molar-refractivity contribution in [1.82, 2.24) is 20.1 Å². The van der Waals surface area contributed by atoms with E-state index in [0.29, 0.717) is 18.8 Å². The lowest BCUT2D eigenvalue weighted by Gasteiger charge is -2.33. The topological polar surface area (TPSA) is 61.9 Å². The molecule has 0 radical (unpaired) electrons. The zero-order chi connectivity index (χ0) is 15.8. The number of rotatable bonds is 1. The fourth-order valence-electron chi connectivity index (χ4n) is 2.26. The zero-order valence-electron chi connectivity index (χ0n) is 12.3. The molecule has 1 atom stereocenters. The van der Waals surface area contributed by atoms with Crippen LogP contribution in [0.5, 0.6) is 0 Å². The van der Waals surface area contributed by atoms with E-state index in [1.807, 2.05) is 20.8 Å². The van der Waals surface area contributed by atoms with E-state index in [1.165, 1.54) is 4.90 Å². The summed E-state index contributed by atoms with van der Waals surface area (Å²) in [7, 11) is 0. The van der Waals surface area contributed by atoms with Gasteiger partial charge in [0.15, 0.2) is 0 Å². The number of alkyl halides is 3. The van der Waals surface area contributed by atoms with Gasteiger partial charge in [-0.25, -0.2) is 4.98 Å². The third-order valence-electron chi connectivity index (χ3n) is 3.56. The second kappa shape index (κ2) is 5.31. The highest BCUT2D eigenvalue weighted by Gasteiger charge is 2.43. The highest BCUT2D eigenvalue weighted by Crippen LogP contribution is 2.33. The molecule has 2 rings (SSSR count). The number of hydrogen-bond donors (Lipinski definition) is 1. The first kappa shape index (κ1) is 15.8. The van der Waals surface area contributed by atoms with Crippen molar-refractivity contribution in [2.75, 3.05) is 13.1 Å². The van der Waals surface area contributed by atoms with Crippen molar-refractivity contribution < 1.29 is 18.0 Å². The van der Waals surface area contributed by atoms with Crippen LogP contribution in [0.2, 0.25) is 0 Å². The van der Waals surface area contributed by atoms with E-state index in [9.17, 15) is 18.0 Å². The molecule has 1 saturated heterocycles. The van der Waals surface area contributed by atoms with Gasteiger partial charge in [0.05, 0.1) is 5.92 Å². The van der Waals surface area contributed by atoms with Crippen molar-refractivity contribution in [1.29, 1.82) is 0 Å². The van der Waals surface area contributed by atoms with E-state index in [1.54, 1.807) is 0 Å². The number of nitrogens with one attached hydrogen (secondary N) is 1. The Labute approximate surface area is 120 Å². The number of halogens is 3. The molecule has 0 saturated carbocycles. The van der Waals surface area contributed by atoms with Crippen molar-refractivity contribution in [2.24, 2.45) is 5.92 Å². The monoisotopic (exact) mass is 304 g/mol. The predicted octanol–water partition coefficient (Wildman–Crippen LogP) is 2.52. The minimum Gasteiger partial charge on any atom is -0.335 e. The normalized spacial score (nSPS) is 20.7. The maximum atomic E-state index is 12.8. The van der Waals surface area contributed by atoms with Crippen LogP contribution >= 0.6 is 0 Å². The summed E-state index contributed by atoms with van der Waals surface area (Å²) in [6.45, 7) is 5.71. The number of carbonyl (C=O) groups excluding carboxylic acids is 1. The van der Waals surface area contributed by atoms with Gasteiger partial charge in [0, 0.05) is 18.5 Å². The molecule has 0 aromatic carbocycles. The molecule has 8 heteroatoms. The second-order valence-corrected chi connectivity index (χ2v) is 6.39. The molecular formula is C13H19F3N4O. The Hall–Kier alpha value is -1.60. The maximum Gasteiger partial charge on any atom is 0.393 e. The highest BCUT2D eigenvalue weighted by atomic mass is 19.4. The molecule has 1 amide bonds. The fourth-order valence-corrected chi connectivity index (χ4v) is 2.26. The van der Waals surface area contributed by atoms with Gasteiger partial charge in [-0.2, -0.15) is 13.2 Å². The molecule has 1 N–H and O–H groups in total. The summed E-state index contributed by atoms with van der Waals surface area (Å²) in [5, 5.41) is 6.51. The molecule has 118 valence electrons. The molecule has 2 heterocycles. The smallest absolute Gasteiger partial charge is 0.335 e. The van der Waals surface area contributed by atoms with Gasteiger partial charge in [-0.3, -0.25) is 9.89 Å². The van der Waals surface area contributed by atoms with E-state index >= 15 is 0 Å². The molecule has 0 bridgehead atoms.